The molecule has 144 valence electrons. The van der Waals surface area contributed by atoms with E-state index in [-0.39, 0.29) is 18.4 Å². The van der Waals surface area contributed by atoms with Crippen LogP contribution >= 0.6 is 11.6 Å². The second kappa shape index (κ2) is 9.05. The fourth-order valence-corrected chi connectivity index (χ4v) is 3.37. The lowest BCUT2D eigenvalue weighted by atomic mass is 9.88. The Hall–Kier alpha value is -2.33. The van der Waals surface area contributed by atoms with Crippen LogP contribution in [0.15, 0.2) is 36.4 Å². The van der Waals surface area contributed by atoms with E-state index in [4.69, 9.17) is 16.3 Å². The normalized spacial score (nSPS) is 12.0. The maximum absolute atomic E-state index is 12.6. The van der Waals surface area contributed by atoms with Crippen LogP contribution in [0.2, 0.25) is 5.02 Å². The summed E-state index contributed by atoms with van der Waals surface area (Å²) in [5, 5.41) is 3.45. The zero-order chi connectivity index (χ0) is 20.1. The highest BCUT2D eigenvalue weighted by Crippen LogP contribution is 2.27. The molecule has 0 spiro atoms. The lowest BCUT2D eigenvalue weighted by Crippen LogP contribution is -2.26. The van der Waals surface area contributed by atoms with Gasteiger partial charge in [-0.05, 0) is 55.5 Å². The Kier molecular flexibility index (Phi) is 7.03. The molecule has 1 atom stereocenters. The summed E-state index contributed by atoms with van der Waals surface area (Å²) in [4.78, 5) is 24.8. The molecule has 2 rings (SSSR count). The number of carbonyl (C=O) groups is 2. The third-order valence-corrected chi connectivity index (χ3v) is 4.69. The topological polar surface area (TPSA) is 55.4 Å². The van der Waals surface area contributed by atoms with Gasteiger partial charge in [0.1, 0.15) is 0 Å². The van der Waals surface area contributed by atoms with Crippen molar-refractivity contribution >= 4 is 29.2 Å². The molecule has 27 heavy (non-hydrogen) atoms. The van der Waals surface area contributed by atoms with Gasteiger partial charge in [0.05, 0.1) is 5.92 Å². The Morgan fingerprint density at radius 1 is 1.04 bits per heavy atom. The molecular weight excluding hydrogens is 362 g/mol. The largest absolute Gasteiger partial charge is 0.455 e. The molecule has 0 aromatic heterocycles. The SMILES string of the molecule is Cc1cc(C)c(NC(=O)COC(=O)[C@@H](c2ccc(Cl)cc2)C(C)C)c(C)c1. The van der Waals surface area contributed by atoms with E-state index in [1.54, 1.807) is 12.1 Å². The molecule has 1 amide bonds. The van der Waals surface area contributed by atoms with E-state index < -0.39 is 11.9 Å². The number of aryl methyl sites for hydroxylation is 3. The van der Waals surface area contributed by atoms with Crippen molar-refractivity contribution < 1.29 is 14.3 Å². The summed E-state index contributed by atoms with van der Waals surface area (Å²) < 4.78 is 5.30. The fraction of sp³-hybridized carbons (Fsp3) is 0.364. The van der Waals surface area contributed by atoms with Crippen molar-refractivity contribution in [3.63, 3.8) is 0 Å². The minimum Gasteiger partial charge on any atom is -0.455 e. The Morgan fingerprint density at radius 3 is 2.11 bits per heavy atom. The summed E-state index contributed by atoms with van der Waals surface area (Å²) >= 11 is 5.92. The molecule has 0 aliphatic carbocycles. The zero-order valence-electron chi connectivity index (χ0n) is 16.4. The van der Waals surface area contributed by atoms with Gasteiger partial charge in [-0.25, -0.2) is 0 Å². The van der Waals surface area contributed by atoms with E-state index in [1.807, 2.05) is 58.9 Å². The van der Waals surface area contributed by atoms with Crippen LogP contribution in [-0.4, -0.2) is 18.5 Å². The van der Waals surface area contributed by atoms with E-state index in [9.17, 15) is 9.59 Å². The number of halogens is 1. The minimum absolute atomic E-state index is 0.0309. The first-order chi connectivity index (χ1) is 12.7. The standard InChI is InChI=1S/C22H26ClNO3/c1-13(2)20(17-6-8-18(23)9-7-17)22(26)27-12-19(25)24-21-15(4)10-14(3)11-16(21)5/h6-11,13,20H,12H2,1-5H3,(H,24,25)/t20-/m1/s1. The molecule has 0 saturated heterocycles. The number of benzene rings is 2. The maximum atomic E-state index is 12.6. The molecule has 0 heterocycles. The lowest BCUT2D eigenvalue weighted by Gasteiger charge is -2.20. The summed E-state index contributed by atoms with van der Waals surface area (Å²) in [6, 6.07) is 11.1. The van der Waals surface area contributed by atoms with Crippen LogP contribution in [0.1, 0.15) is 42.0 Å². The average molecular weight is 388 g/mol. The summed E-state index contributed by atoms with van der Waals surface area (Å²) in [5.41, 5.74) is 4.68. The first-order valence-electron chi connectivity index (χ1n) is 8.99. The minimum atomic E-state index is -0.446. The van der Waals surface area contributed by atoms with Gasteiger partial charge >= 0.3 is 5.97 Å². The number of amides is 1. The Labute approximate surface area is 165 Å². The van der Waals surface area contributed by atoms with Crippen LogP contribution < -0.4 is 5.32 Å². The first kappa shape index (κ1) is 21.0. The second-order valence-electron chi connectivity index (χ2n) is 7.20. The van der Waals surface area contributed by atoms with Gasteiger partial charge in [0.15, 0.2) is 6.61 Å². The molecule has 5 heteroatoms. The van der Waals surface area contributed by atoms with Crippen molar-refractivity contribution in [2.45, 2.75) is 40.5 Å². The third-order valence-electron chi connectivity index (χ3n) is 4.44. The summed E-state index contributed by atoms with van der Waals surface area (Å²) in [6.45, 7) is 9.46. The number of ether oxygens (including phenoxy) is 1. The van der Waals surface area contributed by atoms with Crippen LogP contribution in [0, 0.1) is 26.7 Å². The molecule has 0 saturated carbocycles. The van der Waals surface area contributed by atoms with Crippen LogP contribution in [0.25, 0.3) is 0 Å². The molecule has 4 nitrogen and oxygen atoms in total. The van der Waals surface area contributed by atoms with Crippen molar-refractivity contribution in [1.82, 2.24) is 0 Å². The predicted octanol–water partition coefficient (Wildman–Crippen LogP) is 5.19. The second-order valence-corrected chi connectivity index (χ2v) is 7.64. The highest BCUT2D eigenvalue weighted by atomic mass is 35.5. The van der Waals surface area contributed by atoms with Crippen LogP contribution in [0.4, 0.5) is 5.69 Å². The average Bonchev–Trinajstić information content (AvgIpc) is 2.58. The fourth-order valence-electron chi connectivity index (χ4n) is 3.24. The number of anilines is 1. The Bertz CT molecular complexity index is 805. The van der Waals surface area contributed by atoms with Gasteiger partial charge in [0.25, 0.3) is 5.91 Å². The first-order valence-corrected chi connectivity index (χ1v) is 9.36. The van der Waals surface area contributed by atoms with Gasteiger partial charge in [-0.2, -0.15) is 0 Å². The van der Waals surface area contributed by atoms with Crippen molar-refractivity contribution in [1.29, 1.82) is 0 Å². The molecule has 0 bridgehead atoms. The quantitative estimate of drug-likeness (QED) is 0.694. The van der Waals surface area contributed by atoms with Gasteiger partial charge in [0, 0.05) is 10.7 Å². The van der Waals surface area contributed by atoms with E-state index in [2.05, 4.69) is 5.32 Å². The molecule has 1 N–H and O–H groups in total. The number of nitrogens with one attached hydrogen (secondary N) is 1. The molecule has 0 unspecified atom stereocenters. The zero-order valence-corrected chi connectivity index (χ0v) is 17.2. The molecular formula is C22H26ClNO3. The number of hydrogen-bond donors (Lipinski definition) is 1. The molecule has 2 aromatic rings. The van der Waals surface area contributed by atoms with Crippen molar-refractivity contribution in [2.75, 3.05) is 11.9 Å². The van der Waals surface area contributed by atoms with Crippen molar-refractivity contribution in [3.8, 4) is 0 Å². The molecule has 0 aliphatic rings. The van der Waals surface area contributed by atoms with Gasteiger partial charge in [0.2, 0.25) is 0 Å². The van der Waals surface area contributed by atoms with Gasteiger partial charge in [-0.15, -0.1) is 0 Å². The molecule has 0 fully saturated rings. The highest BCUT2D eigenvalue weighted by Gasteiger charge is 2.26. The lowest BCUT2D eigenvalue weighted by molar-refractivity contribution is -0.149. The predicted molar refractivity (Wildman–Crippen MR) is 109 cm³/mol. The number of esters is 1. The number of carbonyl (C=O) groups excluding carboxylic acids is 2. The van der Waals surface area contributed by atoms with Crippen molar-refractivity contribution in [2.24, 2.45) is 5.92 Å². The monoisotopic (exact) mass is 387 g/mol. The summed E-state index contributed by atoms with van der Waals surface area (Å²) in [6.07, 6.45) is 0. The summed E-state index contributed by atoms with van der Waals surface area (Å²) in [7, 11) is 0. The Morgan fingerprint density at radius 2 is 1.59 bits per heavy atom. The number of rotatable bonds is 6. The van der Waals surface area contributed by atoms with Gasteiger partial charge in [-0.1, -0.05) is 55.3 Å². The smallest absolute Gasteiger partial charge is 0.314 e. The van der Waals surface area contributed by atoms with E-state index in [0.29, 0.717) is 5.02 Å². The molecule has 2 aromatic carbocycles. The van der Waals surface area contributed by atoms with Crippen LogP contribution in [-0.2, 0) is 14.3 Å². The van der Waals surface area contributed by atoms with Crippen LogP contribution in [0.3, 0.4) is 0 Å². The maximum Gasteiger partial charge on any atom is 0.314 e. The van der Waals surface area contributed by atoms with Gasteiger partial charge in [-0.3, -0.25) is 9.59 Å². The van der Waals surface area contributed by atoms with E-state index >= 15 is 0 Å². The van der Waals surface area contributed by atoms with Gasteiger partial charge < -0.3 is 10.1 Å². The molecule has 0 aliphatic heterocycles. The van der Waals surface area contributed by atoms with E-state index in [0.717, 1.165) is 27.9 Å². The Balaban J connectivity index is 2.03. The number of hydrogen-bond acceptors (Lipinski definition) is 3. The molecule has 0 radical (unpaired) electrons. The highest BCUT2D eigenvalue weighted by molar-refractivity contribution is 6.30. The summed E-state index contributed by atoms with van der Waals surface area (Å²) in [5.74, 6) is -1.18. The van der Waals surface area contributed by atoms with Crippen molar-refractivity contribution in [3.05, 3.63) is 63.7 Å². The third kappa shape index (κ3) is 5.57. The van der Waals surface area contributed by atoms with E-state index in [1.165, 1.54) is 0 Å². The van der Waals surface area contributed by atoms with Crippen LogP contribution in [0.5, 0.6) is 0 Å².